The van der Waals surface area contributed by atoms with Gasteiger partial charge in [-0.15, -0.1) is 0 Å². The van der Waals surface area contributed by atoms with Crippen molar-refractivity contribution in [3.05, 3.63) is 63.8 Å². The molecular formula is C17H18FN3O3. The first kappa shape index (κ1) is 16.3. The zero-order valence-corrected chi connectivity index (χ0v) is 13.2. The first-order valence-electron chi connectivity index (χ1n) is 7.77. The third kappa shape index (κ3) is 3.51. The molecule has 3 rings (SSSR count). The number of amides is 1. The summed E-state index contributed by atoms with van der Waals surface area (Å²) in [4.78, 5) is 23.9. The predicted octanol–water partition coefficient (Wildman–Crippen LogP) is 1.57. The van der Waals surface area contributed by atoms with Crippen LogP contribution in [0.2, 0.25) is 0 Å². The first-order valence-corrected chi connectivity index (χ1v) is 7.77. The lowest BCUT2D eigenvalue weighted by Crippen LogP contribution is -2.37. The maximum atomic E-state index is 13.2. The predicted molar refractivity (Wildman–Crippen MR) is 85.1 cm³/mol. The molecule has 1 aromatic heterocycles. The highest BCUT2D eigenvalue weighted by Gasteiger charge is 2.29. The van der Waals surface area contributed by atoms with Crippen LogP contribution in [0.3, 0.4) is 0 Å². The summed E-state index contributed by atoms with van der Waals surface area (Å²) in [6, 6.07) is 8.25. The van der Waals surface area contributed by atoms with Gasteiger partial charge in [-0.05, 0) is 36.6 Å². The quantitative estimate of drug-likeness (QED) is 0.923. The molecule has 1 aliphatic rings. The molecule has 2 atom stereocenters. The average Bonchev–Trinajstić information content (AvgIpc) is 3.10. The summed E-state index contributed by atoms with van der Waals surface area (Å²) in [6.45, 7) is 0.635. The molecule has 1 fully saturated rings. The monoisotopic (exact) mass is 331 g/mol. The van der Waals surface area contributed by atoms with E-state index in [0.29, 0.717) is 6.61 Å². The summed E-state index contributed by atoms with van der Waals surface area (Å²) in [5.41, 5.74) is 0.615. The number of benzene rings is 1. The summed E-state index contributed by atoms with van der Waals surface area (Å²) in [5.74, 6) is -0.744. The van der Waals surface area contributed by atoms with Gasteiger partial charge in [0, 0.05) is 19.7 Å². The van der Waals surface area contributed by atoms with E-state index in [0.717, 1.165) is 23.1 Å². The van der Waals surface area contributed by atoms with Crippen LogP contribution >= 0.6 is 0 Å². The lowest BCUT2D eigenvalue weighted by atomic mass is 9.99. The number of nitrogens with one attached hydrogen (secondary N) is 1. The Balaban J connectivity index is 1.85. The molecule has 0 bridgehead atoms. The molecule has 1 aromatic carbocycles. The Hall–Kier alpha value is -2.54. The van der Waals surface area contributed by atoms with Gasteiger partial charge in [-0.3, -0.25) is 9.59 Å². The van der Waals surface area contributed by atoms with Gasteiger partial charge in [0.1, 0.15) is 11.5 Å². The number of rotatable bonds is 4. The maximum absolute atomic E-state index is 13.2. The van der Waals surface area contributed by atoms with Crippen molar-refractivity contribution in [3.63, 3.8) is 0 Å². The molecule has 6 nitrogen and oxygen atoms in total. The zero-order valence-electron chi connectivity index (χ0n) is 13.2. The van der Waals surface area contributed by atoms with E-state index in [9.17, 15) is 14.0 Å². The smallest absolute Gasteiger partial charge is 0.272 e. The van der Waals surface area contributed by atoms with Crippen molar-refractivity contribution in [2.45, 2.75) is 25.0 Å². The summed E-state index contributed by atoms with van der Waals surface area (Å²) in [7, 11) is 1.48. The van der Waals surface area contributed by atoms with Crippen molar-refractivity contribution < 1.29 is 13.9 Å². The molecule has 126 valence electrons. The molecular weight excluding hydrogens is 313 g/mol. The lowest BCUT2D eigenvalue weighted by molar-refractivity contribution is 0.0668. The number of carbonyl (C=O) groups excluding carboxylic acids is 1. The summed E-state index contributed by atoms with van der Waals surface area (Å²) >= 11 is 0. The molecule has 0 aliphatic carbocycles. The van der Waals surface area contributed by atoms with Crippen LogP contribution in [0.5, 0.6) is 0 Å². The molecule has 1 amide bonds. The van der Waals surface area contributed by atoms with Crippen molar-refractivity contribution in [2.24, 2.45) is 7.05 Å². The van der Waals surface area contributed by atoms with E-state index in [1.807, 2.05) is 0 Å². The van der Waals surface area contributed by atoms with Gasteiger partial charge in [0.15, 0.2) is 0 Å². The van der Waals surface area contributed by atoms with Crippen molar-refractivity contribution >= 4 is 5.91 Å². The molecule has 0 radical (unpaired) electrons. The van der Waals surface area contributed by atoms with Crippen LogP contribution in [-0.4, -0.2) is 28.4 Å². The van der Waals surface area contributed by atoms with Crippen molar-refractivity contribution in [1.29, 1.82) is 0 Å². The lowest BCUT2D eigenvalue weighted by Gasteiger charge is -2.24. The van der Waals surface area contributed by atoms with Gasteiger partial charge in [0.25, 0.3) is 11.5 Å². The van der Waals surface area contributed by atoms with Crippen LogP contribution in [-0.2, 0) is 11.8 Å². The molecule has 24 heavy (non-hydrogen) atoms. The Labute approximate surface area is 138 Å². The number of aryl methyl sites for hydroxylation is 1. The number of carbonyl (C=O) groups is 1. The number of nitrogens with zero attached hydrogens (tertiary/aromatic N) is 2. The van der Waals surface area contributed by atoms with E-state index in [4.69, 9.17) is 4.74 Å². The van der Waals surface area contributed by atoms with Crippen LogP contribution in [0.25, 0.3) is 0 Å². The van der Waals surface area contributed by atoms with Gasteiger partial charge in [-0.25, -0.2) is 9.07 Å². The fourth-order valence-corrected chi connectivity index (χ4v) is 2.77. The number of ether oxygens (including phenoxy) is 1. The van der Waals surface area contributed by atoms with E-state index in [1.165, 1.54) is 31.3 Å². The Kier molecular flexibility index (Phi) is 4.71. The normalized spacial score (nSPS) is 18.3. The second-order valence-electron chi connectivity index (χ2n) is 5.73. The van der Waals surface area contributed by atoms with Gasteiger partial charge < -0.3 is 10.1 Å². The Bertz CT molecular complexity index is 782. The molecule has 2 aromatic rings. The van der Waals surface area contributed by atoms with Gasteiger partial charge in [0.2, 0.25) is 0 Å². The third-order valence-electron chi connectivity index (χ3n) is 4.05. The van der Waals surface area contributed by atoms with Gasteiger partial charge >= 0.3 is 0 Å². The van der Waals surface area contributed by atoms with E-state index in [2.05, 4.69) is 10.4 Å². The van der Waals surface area contributed by atoms with Crippen LogP contribution < -0.4 is 10.9 Å². The molecule has 1 saturated heterocycles. The highest BCUT2D eigenvalue weighted by molar-refractivity contribution is 5.92. The molecule has 0 unspecified atom stereocenters. The Morgan fingerprint density at radius 3 is 2.71 bits per heavy atom. The minimum absolute atomic E-state index is 0.141. The summed E-state index contributed by atoms with van der Waals surface area (Å²) in [5, 5.41) is 6.84. The largest absolute Gasteiger partial charge is 0.376 e. The Morgan fingerprint density at radius 1 is 1.33 bits per heavy atom. The van der Waals surface area contributed by atoms with Crippen molar-refractivity contribution in [3.8, 4) is 0 Å². The molecule has 0 spiro atoms. The summed E-state index contributed by atoms with van der Waals surface area (Å²) in [6.07, 6.45) is 1.55. The fourth-order valence-electron chi connectivity index (χ4n) is 2.77. The second-order valence-corrected chi connectivity index (χ2v) is 5.73. The van der Waals surface area contributed by atoms with Gasteiger partial charge in [-0.2, -0.15) is 5.10 Å². The minimum atomic E-state index is -0.407. The number of halogens is 1. The first-order chi connectivity index (χ1) is 11.5. The highest BCUT2D eigenvalue weighted by atomic mass is 19.1. The molecule has 1 aliphatic heterocycles. The van der Waals surface area contributed by atoms with Crippen molar-refractivity contribution in [1.82, 2.24) is 15.1 Å². The van der Waals surface area contributed by atoms with E-state index in [-0.39, 0.29) is 23.2 Å². The average molecular weight is 331 g/mol. The van der Waals surface area contributed by atoms with E-state index < -0.39 is 11.9 Å². The summed E-state index contributed by atoms with van der Waals surface area (Å²) < 4.78 is 20.0. The molecule has 0 saturated carbocycles. The standard InChI is InChI=1S/C17H18FN3O3/c1-21-15(22)9-8-13(20-21)17(23)19-16(14-3-2-10-24-14)11-4-6-12(18)7-5-11/h4-9,14,16H,2-3,10H2,1H3,(H,19,23)/t14-,16-/m1/s1. The fraction of sp³-hybridized carbons (Fsp3) is 0.353. The van der Waals surface area contributed by atoms with Crippen LogP contribution in [0, 0.1) is 5.82 Å². The SMILES string of the molecule is Cn1nc(C(=O)N[C@H](c2ccc(F)cc2)[C@H]2CCCO2)ccc1=O. The van der Waals surface area contributed by atoms with Gasteiger partial charge in [0.05, 0.1) is 12.1 Å². The van der Waals surface area contributed by atoms with Crippen LogP contribution in [0.1, 0.15) is 34.9 Å². The minimum Gasteiger partial charge on any atom is -0.376 e. The van der Waals surface area contributed by atoms with Crippen molar-refractivity contribution in [2.75, 3.05) is 6.61 Å². The van der Waals surface area contributed by atoms with E-state index >= 15 is 0 Å². The molecule has 1 N–H and O–H groups in total. The molecule has 2 heterocycles. The maximum Gasteiger partial charge on any atom is 0.272 e. The van der Waals surface area contributed by atoms with Crippen LogP contribution in [0.4, 0.5) is 4.39 Å². The number of hydrogen-bond donors (Lipinski definition) is 1. The number of hydrogen-bond acceptors (Lipinski definition) is 4. The topological polar surface area (TPSA) is 73.2 Å². The van der Waals surface area contributed by atoms with E-state index in [1.54, 1.807) is 12.1 Å². The van der Waals surface area contributed by atoms with Crippen LogP contribution in [0.15, 0.2) is 41.2 Å². The zero-order chi connectivity index (χ0) is 17.1. The Morgan fingerprint density at radius 2 is 2.08 bits per heavy atom. The highest BCUT2D eigenvalue weighted by Crippen LogP contribution is 2.27. The second kappa shape index (κ2) is 6.92. The molecule has 7 heteroatoms. The van der Waals surface area contributed by atoms with Gasteiger partial charge in [-0.1, -0.05) is 12.1 Å². The third-order valence-corrected chi connectivity index (χ3v) is 4.05. The number of aromatic nitrogens is 2.